The number of fused-ring (bicyclic) bond motifs is 1. The molecule has 0 spiro atoms. The second-order valence-corrected chi connectivity index (χ2v) is 5.71. The van der Waals surface area contributed by atoms with Crippen molar-refractivity contribution in [1.82, 2.24) is 10.3 Å². The maximum Gasteiger partial charge on any atom is 0.0472 e. The Kier molecular flexibility index (Phi) is 4.28. The topological polar surface area (TPSA) is 27.8 Å². The summed E-state index contributed by atoms with van der Waals surface area (Å²) in [5.74, 6) is 0. The molecule has 0 fully saturated rings. The summed E-state index contributed by atoms with van der Waals surface area (Å²) in [5.41, 5.74) is 5.06. The van der Waals surface area contributed by atoms with Crippen LogP contribution in [-0.2, 0) is 19.5 Å². The Bertz CT molecular complexity index is 729. The minimum Gasteiger partial charge on any atom is -0.361 e. The van der Waals surface area contributed by atoms with Crippen molar-refractivity contribution in [1.29, 1.82) is 0 Å². The molecule has 108 valence electrons. The van der Waals surface area contributed by atoms with Gasteiger partial charge in [0.1, 0.15) is 0 Å². The van der Waals surface area contributed by atoms with E-state index in [1.54, 1.807) is 0 Å². The van der Waals surface area contributed by atoms with E-state index in [1.165, 1.54) is 22.1 Å². The molecule has 0 radical (unpaired) electrons. The monoisotopic (exact) mass is 298 g/mol. The molecule has 2 N–H and O–H groups in total. The van der Waals surface area contributed by atoms with E-state index in [-0.39, 0.29) is 0 Å². The van der Waals surface area contributed by atoms with Crippen LogP contribution in [0.2, 0.25) is 5.02 Å². The van der Waals surface area contributed by atoms with Crippen LogP contribution in [-0.4, -0.2) is 4.98 Å². The summed E-state index contributed by atoms with van der Waals surface area (Å²) in [4.78, 5) is 3.27. The lowest BCUT2D eigenvalue weighted by Crippen LogP contribution is -2.12. The van der Waals surface area contributed by atoms with Crippen LogP contribution in [0.25, 0.3) is 10.9 Å². The van der Waals surface area contributed by atoms with Crippen LogP contribution < -0.4 is 5.32 Å². The second kappa shape index (κ2) is 6.33. The van der Waals surface area contributed by atoms with Crippen LogP contribution in [0.1, 0.15) is 23.6 Å². The van der Waals surface area contributed by atoms with Crippen molar-refractivity contribution >= 4 is 22.5 Å². The number of hydrogen-bond acceptors (Lipinski definition) is 1. The van der Waals surface area contributed by atoms with E-state index < -0.39 is 0 Å². The normalized spacial score (nSPS) is 11.1. The zero-order valence-electron chi connectivity index (χ0n) is 12.1. The first kappa shape index (κ1) is 14.2. The van der Waals surface area contributed by atoms with E-state index in [4.69, 9.17) is 11.6 Å². The van der Waals surface area contributed by atoms with Crippen molar-refractivity contribution in [3.8, 4) is 0 Å². The van der Waals surface area contributed by atoms with Crippen molar-refractivity contribution < 1.29 is 0 Å². The third kappa shape index (κ3) is 3.29. The summed E-state index contributed by atoms with van der Waals surface area (Å²) in [6, 6.07) is 14.8. The molecule has 0 amide bonds. The molecule has 0 saturated heterocycles. The Morgan fingerprint density at radius 1 is 1.00 bits per heavy atom. The van der Waals surface area contributed by atoms with Gasteiger partial charge < -0.3 is 10.3 Å². The van der Waals surface area contributed by atoms with Crippen molar-refractivity contribution in [3.63, 3.8) is 0 Å². The first-order valence-corrected chi connectivity index (χ1v) is 7.68. The molecule has 0 aliphatic carbocycles. The van der Waals surface area contributed by atoms with Crippen molar-refractivity contribution in [2.45, 2.75) is 26.4 Å². The van der Waals surface area contributed by atoms with Gasteiger partial charge in [0.05, 0.1) is 0 Å². The maximum atomic E-state index is 6.00. The molecule has 2 nitrogen and oxygen atoms in total. The number of rotatable bonds is 5. The van der Waals surface area contributed by atoms with Gasteiger partial charge in [0.2, 0.25) is 0 Å². The van der Waals surface area contributed by atoms with Gasteiger partial charge in [-0.15, -0.1) is 0 Å². The maximum absolute atomic E-state index is 6.00. The molecule has 0 saturated carbocycles. The van der Waals surface area contributed by atoms with Crippen LogP contribution in [0.5, 0.6) is 0 Å². The lowest BCUT2D eigenvalue weighted by Gasteiger charge is -2.05. The fourth-order valence-corrected chi connectivity index (χ4v) is 2.71. The van der Waals surface area contributed by atoms with Gasteiger partial charge in [0.15, 0.2) is 0 Å². The molecule has 3 heteroatoms. The standard InChI is InChI=1S/C18H19ClN2/c1-2-13-3-5-14(6-4-13)10-20-11-15-12-21-18-9-16(19)7-8-17(15)18/h3-9,12,20-21H,2,10-11H2,1H3. The molecular weight excluding hydrogens is 280 g/mol. The van der Waals surface area contributed by atoms with Gasteiger partial charge in [-0.2, -0.15) is 0 Å². The third-order valence-corrected chi connectivity index (χ3v) is 4.04. The number of aromatic nitrogens is 1. The molecule has 0 bridgehead atoms. The van der Waals surface area contributed by atoms with Crippen LogP contribution >= 0.6 is 11.6 Å². The van der Waals surface area contributed by atoms with Crippen LogP contribution in [0.4, 0.5) is 0 Å². The summed E-state index contributed by atoms with van der Waals surface area (Å²) in [6.45, 7) is 3.90. The number of nitrogens with one attached hydrogen (secondary N) is 2. The fraction of sp³-hybridized carbons (Fsp3) is 0.222. The van der Waals surface area contributed by atoms with Crippen LogP contribution in [0.3, 0.4) is 0 Å². The molecule has 3 rings (SSSR count). The van der Waals surface area contributed by atoms with Gasteiger partial charge in [0.25, 0.3) is 0 Å². The highest BCUT2D eigenvalue weighted by Gasteiger charge is 2.03. The van der Waals surface area contributed by atoms with Crippen molar-refractivity contribution in [2.24, 2.45) is 0 Å². The summed E-state index contributed by atoms with van der Waals surface area (Å²) < 4.78 is 0. The largest absolute Gasteiger partial charge is 0.361 e. The molecule has 0 unspecified atom stereocenters. The first-order valence-electron chi connectivity index (χ1n) is 7.30. The highest BCUT2D eigenvalue weighted by Crippen LogP contribution is 2.21. The number of aromatic amines is 1. The Balaban J connectivity index is 1.63. The minimum atomic E-state index is 0.764. The SMILES string of the molecule is CCc1ccc(CNCc2c[nH]c3cc(Cl)ccc23)cc1. The fourth-order valence-electron chi connectivity index (χ4n) is 2.54. The third-order valence-electron chi connectivity index (χ3n) is 3.81. The van der Waals surface area contributed by atoms with Gasteiger partial charge >= 0.3 is 0 Å². The predicted octanol–water partition coefficient (Wildman–Crippen LogP) is 4.67. The summed E-state index contributed by atoms with van der Waals surface area (Å²) in [5, 5.41) is 5.49. The number of aryl methyl sites for hydroxylation is 1. The number of H-pyrrole nitrogens is 1. The van der Waals surface area contributed by atoms with Gasteiger partial charge in [-0.1, -0.05) is 48.9 Å². The first-order chi connectivity index (χ1) is 10.3. The molecule has 0 atom stereocenters. The number of benzene rings is 2. The summed E-state index contributed by atoms with van der Waals surface area (Å²) in [6.07, 6.45) is 3.14. The average molecular weight is 299 g/mol. The Hall–Kier alpha value is -1.77. The number of hydrogen-bond donors (Lipinski definition) is 2. The predicted molar refractivity (Wildman–Crippen MR) is 89.7 cm³/mol. The molecule has 0 aliphatic rings. The Morgan fingerprint density at radius 2 is 1.76 bits per heavy atom. The smallest absolute Gasteiger partial charge is 0.0472 e. The highest BCUT2D eigenvalue weighted by atomic mass is 35.5. The average Bonchev–Trinajstić information content (AvgIpc) is 2.90. The lowest BCUT2D eigenvalue weighted by molar-refractivity contribution is 0.696. The van der Waals surface area contributed by atoms with E-state index >= 15 is 0 Å². The van der Waals surface area contributed by atoms with E-state index in [9.17, 15) is 0 Å². The summed E-state index contributed by atoms with van der Waals surface area (Å²) in [7, 11) is 0. The molecule has 1 heterocycles. The minimum absolute atomic E-state index is 0.764. The van der Waals surface area contributed by atoms with Gasteiger partial charge in [-0.05, 0) is 35.2 Å². The molecule has 21 heavy (non-hydrogen) atoms. The van der Waals surface area contributed by atoms with Gasteiger partial charge in [-0.3, -0.25) is 0 Å². The molecule has 3 aromatic rings. The van der Waals surface area contributed by atoms with Gasteiger partial charge in [0, 0.05) is 35.2 Å². The van der Waals surface area contributed by atoms with Crippen LogP contribution in [0, 0.1) is 0 Å². The highest BCUT2D eigenvalue weighted by molar-refractivity contribution is 6.31. The zero-order valence-corrected chi connectivity index (χ0v) is 12.9. The van der Waals surface area contributed by atoms with E-state index in [0.717, 1.165) is 30.0 Å². The van der Waals surface area contributed by atoms with Crippen molar-refractivity contribution in [3.05, 3.63) is 70.4 Å². The molecular formula is C18H19ClN2. The quantitative estimate of drug-likeness (QED) is 0.703. The van der Waals surface area contributed by atoms with Gasteiger partial charge in [-0.25, -0.2) is 0 Å². The Labute approximate surface area is 130 Å². The number of halogens is 1. The molecule has 2 aromatic carbocycles. The van der Waals surface area contributed by atoms with Crippen molar-refractivity contribution in [2.75, 3.05) is 0 Å². The second-order valence-electron chi connectivity index (χ2n) is 5.28. The van der Waals surface area contributed by atoms with E-state index in [0.29, 0.717) is 0 Å². The Morgan fingerprint density at radius 3 is 2.52 bits per heavy atom. The lowest BCUT2D eigenvalue weighted by atomic mass is 10.1. The zero-order chi connectivity index (χ0) is 14.7. The van der Waals surface area contributed by atoms with Crippen LogP contribution in [0.15, 0.2) is 48.7 Å². The molecule has 1 aromatic heterocycles. The van der Waals surface area contributed by atoms with E-state index in [2.05, 4.69) is 47.6 Å². The molecule has 0 aliphatic heterocycles. The summed E-state index contributed by atoms with van der Waals surface area (Å²) >= 11 is 6.00. The van der Waals surface area contributed by atoms with E-state index in [1.807, 2.05) is 18.3 Å².